The van der Waals surface area contributed by atoms with Crippen molar-refractivity contribution in [3.05, 3.63) is 12.2 Å². The summed E-state index contributed by atoms with van der Waals surface area (Å²) in [4.78, 5) is 13.2. The van der Waals surface area contributed by atoms with Gasteiger partial charge in [0.2, 0.25) is 0 Å². The molecule has 3 nitrogen and oxygen atoms in total. The van der Waals surface area contributed by atoms with Crippen molar-refractivity contribution in [2.45, 2.75) is 13.3 Å². The minimum atomic E-state index is 0.199. The maximum atomic E-state index is 11.0. The molecule has 0 aromatic rings. The van der Waals surface area contributed by atoms with Crippen LogP contribution in [0, 0.1) is 5.92 Å². The zero-order valence-electron chi connectivity index (χ0n) is 9.03. The molecule has 0 aromatic carbocycles. The Balaban J connectivity index is 2.10. The van der Waals surface area contributed by atoms with Gasteiger partial charge in [-0.25, -0.2) is 0 Å². The van der Waals surface area contributed by atoms with E-state index in [9.17, 15) is 4.79 Å². The first kappa shape index (κ1) is 11.4. The molecule has 0 unspecified atom stereocenters. The van der Waals surface area contributed by atoms with Crippen LogP contribution in [0.2, 0.25) is 0 Å². The Morgan fingerprint density at radius 3 is 2.79 bits per heavy atom. The van der Waals surface area contributed by atoms with E-state index >= 15 is 0 Å². The number of carbonyl (C=O) groups excluding carboxylic acids is 1. The summed E-state index contributed by atoms with van der Waals surface area (Å²) in [6, 6.07) is 0. The van der Waals surface area contributed by atoms with Crippen molar-refractivity contribution in [3.63, 3.8) is 0 Å². The van der Waals surface area contributed by atoms with Gasteiger partial charge in [-0.1, -0.05) is 13.0 Å². The molecule has 0 radical (unpaired) electrons. The quantitative estimate of drug-likeness (QED) is 0.597. The number of nitrogens with zero attached hydrogens (tertiary/aromatic N) is 1. The van der Waals surface area contributed by atoms with Gasteiger partial charge in [-0.3, -0.25) is 4.79 Å². The fourth-order valence-corrected chi connectivity index (χ4v) is 1.39. The predicted octanol–water partition coefficient (Wildman–Crippen LogP) is 1.10. The van der Waals surface area contributed by atoms with Crippen LogP contribution < -0.4 is 0 Å². The highest BCUT2D eigenvalue weighted by atomic mass is 16.5. The van der Waals surface area contributed by atoms with Crippen molar-refractivity contribution in [2.75, 3.05) is 33.4 Å². The Morgan fingerprint density at radius 1 is 1.57 bits per heavy atom. The average molecular weight is 197 g/mol. The molecule has 1 aliphatic rings. The molecule has 0 aliphatic carbocycles. The summed E-state index contributed by atoms with van der Waals surface area (Å²) in [5.74, 6) is 0.889. The van der Waals surface area contributed by atoms with Crippen LogP contribution in [-0.4, -0.2) is 44.0 Å². The Hall–Kier alpha value is -0.670. The summed E-state index contributed by atoms with van der Waals surface area (Å²) >= 11 is 0. The van der Waals surface area contributed by atoms with E-state index < -0.39 is 0 Å². The summed E-state index contributed by atoms with van der Waals surface area (Å²) in [5.41, 5.74) is 0. The van der Waals surface area contributed by atoms with Crippen LogP contribution >= 0.6 is 0 Å². The molecule has 80 valence electrons. The molecule has 0 bridgehead atoms. The van der Waals surface area contributed by atoms with E-state index in [0.717, 1.165) is 26.3 Å². The molecule has 0 amide bonds. The number of ketones is 1. The average Bonchev–Trinajstić information content (AvgIpc) is 2.11. The van der Waals surface area contributed by atoms with E-state index in [0.29, 0.717) is 12.3 Å². The fourth-order valence-electron chi connectivity index (χ4n) is 1.39. The van der Waals surface area contributed by atoms with Gasteiger partial charge >= 0.3 is 0 Å². The van der Waals surface area contributed by atoms with Crippen LogP contribution in [0.3, 0.4) is 0 Å². The highest BCUT2D eigenvalue weighted by Crippen LogP contribution is 2.10. The smallest absolute Gasteiger partial charge is 0.155 e. The lowest BCUT2D eigenvalue weighted by atomic mass is 10.1. The Labute approximate surface area is 85.7 Å². The molecule has 1 aliphatic heterocycles. The maximum absolute atomic E-state index is 11.0. The molecule has 0 atom stereocenters. The van der Waals surface area contributed by atoms with E-state index in [1.165, 1.54) is 0 Å². The summed E-state index contributed by atoms with van der Waals surface area (Å²) in [6.45, 7) is 5.57. The van der Waals surface area contributed by atoms with Crippen LogP contribution in [-0.2, 0) is 9.53 Å². The lowest BCUT2D eigenvalue weighted by molar-refractivity contribution is -0.114. The standard InChI is InChI=1S/C11H19NO2/c1-3-11(13)5-4-6-12(2)7-10-8-14-9-10/h4-5,10H,3,6-9H2,1-2H3/b5-4+. The molecular weight excluding hydrogens is 178 g/mol. The molecule has 0 saturated carbocycles. The number of allylic oxidation sites excluding steroid dienone is 1. The first-order valence-corrected chi connectivity index (χ1v) is 5.18. The highest BCUT2D eigenvalue weighted by molar-refractivity contribution is 5.89. The second-order valence-electron chi connectivity index (χ2n) is 3.85. The molecular formula is C11H19NO2. The zero-order valence-corrected chi connectivity index (χ0v) is 9.03. The third-order valence-electron chi connectivity index (χ3n) is 2.35. The summed E-state index contributed by atoms with van der Waals surface area (Å²) in [5, 5.41) is 0. The minimum Gasteiger partial charge on any atom is -0.381 e. The monoisotopic (exact) mass is 197 g/mol. The van der Waals surface area contributed by atoms with Gasteiger partial charge in [0.05, 0.1) is 13.2 Å². The third kappa shape index (κ3) is 4.03. The van der Waals surface area contributed by atoms with Crippen LogP contribution in [0.5, 0.6) is 0 Å². The van der Waals surface area contributed by atoms with Gasteiger partial charge in [0, 0.05) is 25.4 Å². The van der Waals surface area contributed by atoms with Gasteiger partial charge in [0.1, 0.15) is 0 Å². The molecule has 1 fully saturated rings. The molecule has 1 saturated heterocycles. The van der Waals surface area contributed by atoms with Crippen LogP contribution in [0.1, 0.15) is 13.3 Å². The largest absolute Gasteiger partial charge is 0.381 e. The number of rotatable bonds is 6. The summed E-state index contributed by atoms with van der Waals surface area (Å²) in [6.07, 6.45) is 4.20. The zero-order chi connectivity index (χ0) is 10.4. The van der Waals surface area contributed by atoms with Crippen LogP contribution in [0.15, 0.2) is 12.2 Å². The van der Waals surface area contributed by atoms with Crippen molar-refractivity contribution in [2.24, 2.45) is 5.92 Å². The molecule has 0 spiro atoms. The van der Waals surface area contributed by atoms with Crippen LogP contribution in [0.25, 0.3) is 0 Å². The van der Waals surface area contributed by atoms with Crippen molar-refractivity contribution < 1.29 is 9.53 Å². The molecule has 0 N–H and O–H groups in total. The first-order valence-electron chi connectivity index (χ1n) is 5.18. The summed E-state index contributed by atoms with van der Waals surface area (Å²) in [7, 11) is 2.07. The van der Waals surface area contributed by atoms with Gasteiger partial charge < -0.3 is 9.64 Å². The molecule has 0 aromatic heterocycles. The second kappa shape index (κ2) is 5.94. The van der Waals surface area contributed by atoms with E-state index in [2.05, 4.69) is 11.9 Å². The highest BCUT2D eigenvalue weighted by Gasteiger charge is 2.19. The number of ether oxygens (including phenoxy) is 1. The van der Waals surface area contributed by atoms with E-state index in [-0.39, 0.29) is 5.78 Å². The Bertz CT molecular complexity index is 209. The Morgan fingerprint density at radius 2 is 2.29 bits per heavy atom. The van der Waals surface area contributed by atoms with E-state index in [1.807, 2.05) is 13.0 Å². The second-order valence-corrected chi connectivity index (χ2v) is 3.85. The molecule has 1 heterocycles. The van der Waals surface area contributed by atoms with Crippen molar-refractivity contribution >= 4 is 5.78 Å². The molecule has 1 rings (SSSR count). The van der Waals surface area contributed by atoms with Gasteiger partial charge in [-0.05, 0) is 13.1 Å². The van der Waals surface area contributed by atoms with Crippen molar-refractivity contribution in [1.82, 2.24) is 4.90 Å². The number of hydrogen-bond acceptors (Lipinski definition) is 3. The van der Waals surface area contributed by atoms with Gasteiger partial charge in [-0.2, -0.15) is 0 Å². The lowest BCUT2D eigenvalue weighted by Gasteiger charge is -2.29. The van der Waals surface area contributed by atoms with Crippen LogP contribution in [0.4, 0.5) is 0 Å². The first-order chi connectivity index (χ1) is 6.72. The number of likely N-dealkylation sites (N-methyl/N-ethyl adjacent to an activating group) is 1. The van der Waals surface area contributed by atoms with Gasteiger partial charge in [0.15, 0.2) is 5.78 Å². The number of hydrogen-bond donors (Lipinski definition) is 0. The maximum Gasteiger partial charge on any atom is 0.155 e. The molecule has 3 heteroatoms. The van der Waals surface area contributed by atoms with E-state index in [1.54, 1.807) is 6.08 Å². The molecule has 14 heavy (non-hydrogen) atoms. The van der Waals surface area contributed by atoms with E-state index in [4.69, 9.17) is 4.74 Å². The lowest BCUT2D eigenvalue weighted by Crippen LogP contribution is -2.37. The normalized spacial score (nSPS) is 17.6. The minimum absolute atomic E-state index is 0.199. The van der Waals surface area contributed by atoms with Gasteiger partial charge in [-0.15, -0.1) is 0 Å². The fraction of sp³-hybridized carbons (Fsp3) is 0.727. The SMILES string of the molecule is CCC(=O)/C=C/CN(C)CC1COC1. The van der Waals surface area contributed by atoms with Crippen molar-refractivity contribution in [3.8, 4) is 0 Å². The number of carbonyl (C=O) groups is 1. The van der Waals surface area contributed by atoms with Gasteiger partial charge in [0.25, 0.3) is 0 Å². The predicted molar refractivity (Wildman–Crippen MR) is 56.2 cm³/mol. The Kier molecular flexibility index (Phi) is 4.84. The third-order valence-corrected chi connectivity index (χ3v) is 2.35. The van der Waals surface area contributed by atoms with Crippen molar-refractivity contribution in [1.29, 1.82) is 0 Å². The summed E-state index contributed by atoms with van der Waals surface area (Å²) < 4.78 is 5.10. The topological polar surface area (TPSA) is 29.5 Å².